The number of hydrogen-bond acceptors (Lipinski definition) is 2. The first-order chi connectivity index (χ1) is 13.5. The summed E-state index contributed by atoms with van der Waals surface area (Å²) in [7, 11) is 1.81. The van der Waals surface area contributed by atoms with E-state index in [4.69, 9.17) is 0 Å². The van der Waals surface area contributed by atoms with Gasteiger partial charge >= 0.3 is 6.03 Å². The molecule has 0 radical (unpaired) electrons. The fourth-order valence-corrected chi connectivity index (χ4v) is 3.22. The van der Waals surface area contributed by atoms with Crippen molar-refractivity contribution in [3.8, 4) is 5.69 Å². The van der Waals surface area contributed by atoms with E-state index < -0.39 is 0 Å². The second-order valence-electron chi connectivity index (χ2n) is 6.77. The standard InChI is InChI=1S/C22H26N4O2/c1-4-15-25(16-18-11-7-5-8-12-18)22(28)23-20-17(2)24(3)26(21(20)27)19-13-9-6-10-14-19/h5-14H,4,15-16H2,1-3H3,(H,23,28). The van der Waals surface area contributed by atoms with Gasteiger partial charge in [-0.3, -0.25) is 9.48 Å². The summed E-state index contributed by atoms with van der Waals surface area (Å²) in [5.41, 5.74) is 2.59. The molecule has 0 saturated carbocycles. The third kappa shape index (κ3) is 4.01. The minimum atomic E-state index is -0.267. The Hall–Kier alpha value is -3.28. The molecule has 1 aromatic heterocycles. The molecular weight excluding hydrogens is 352 g/mol. The van der Waals surface area contributed by atoms with Crippen molar-refractivity contribution < 1.29 is 4.79 Å². The van der Waals surface area contributed by atoms with Crippen molar-refractivity contribution in [1.29, 1.82) is 0 Å². The van der Waals surface area contributed by atoms with Crippen LogP contribution in [0.5, 0.6) is 0 Å². The smallest absolute Gasteiger partial charge is 0.320 e. The number of hydrogen-bond donors (Lipinski definition) is 1. The highest BCUT2D eigenvalue weighted by Gasteiger charge is 2.21. The molecule has 2 amide bonds. The number of carbonyl (C=O) groups excluding carboxylic acids is 1. The topological polar surface area (TPSA) is 59.3 Å². The molecule has 0 aliphatic rings. The Morgan fingerprint density at radius 1 is 1.04 bits per heavy atom. The van der Waals surface area contributed by atoms with E-state index in [-0.39, 0.29) is 11.6 Å². The Morgan fingerprint density at radius 2 is 1.64 bits per heavy atom. The van der Waals surface area contributed by atoms with E-state index in [0.29, 0.717) is 24.5 Å². The highest BCUT2D eigenvalue weighted by Crippen LogP contribution is 2.15. The van der Waals surface area contributed by atoms with Crippen LogP contribution in [0.2, 0.25) is 0 Å². The quantitative estimate of drug-likeness (QED) is 0.707. The number of carbonyl (C=O) groups is 1. The lowest BCUT2D eigenvalue weighted by Gasteiger charge is -2.22. The van der Waals surface area contributed by atoms with Gasteiger partial charge in [0.2, 0.25) is 0 Å². The molecule has 0 bridgehead atoms. The van der Waals surface area contributed by atoms with Gasteiger partial charge in [0.25, 0.3) is 5.56 Å². The van der Waals surface area contributed by atoms with Crippen LogP contribution < -0.4 is 10.9 Å². The first-order valence-electron chi connectivity index (χ1n) is 9.46. The summed E-state index contributed by atoms with van der Waals surface area (Å²) in [5.74, 6) is 0. The Morgan fingerprint density at radius 3 is 2.25 bits per heavy atom. The number of nitrogens with one attached hydrogen (secondary N) is 1. The lowest BCUT2D eigenvalue weighted by atomic mass is 10.2. The van der Waals surface area contributed by atoms with Gasteiger partial charge in [0.05, 0.1) is 11.4 Å². The highest BCUT2D eigenvalue weighted by atomic mass is 16.2. The van der Waals surface area contributed by atoms with Crippen molar-refractivity contribution in [2.24, 2.45) is 7.05 Å². The average Bonchev–Trinajstić information content (AvgIpc) is 2.92. The molecule has 0 aliphatic heterocycles. The monoisotopic (exact) mass is 378 g/mol. The Labute approximate surface area is 165 Å². The van der Waals surface area contributed by atoms with Gasteiger partial charge < -0.3 is 10.2 Å². The van der Waals surface area contributed by atoms with Crippen molar-refractivity contribution in [1.82, 2.24) is 14.3 Å². The fourth-order valence-electron chi connectivity index (χ4n) is 3.22. The Balaban J connectivity index is 1.87. The minimum Gasteiger partial charge on any atom is -0.320 e. The first-order valence-corrected chi connectivity index (χ1v) is 9.46. The van der Waals surface area contributed by atoms with Crippen molar-refractivity contribution in [3.63, 3.8) is 0 Å². The lowest BCUT2D eigenvalue weighted by molar-refractivity contribution is 0.209. The maximum atomic E-state index is 13.0. The van der Waals surface area contributed by atoms with Gasteiger partial charge in [0.15, 0.2) is 0 Å². The van der Waals surface area contributed by atoms with Gasteiger partial charge in [0.1, 0.15) is 5.69 Å². The van der Waals surface area contributed by atoms with Crippen LogP contribution in [-0.2, 0) is 13.6 Å². The molecule has 1 heterocycles. The number of aromatic nitrogens is 2. The van der Waals surface area contributed by atoms with Gasteiger partial charge in [-0.15, -0.1) is 0 Å². The van der Waals surface area contributed by atoms with Gasteiger partial charge in [0, 0.05) is 20.1 Å². The van der Waals surface area contributed by atoms with E-state index >= 15 is 0 Å². The molecular formula is C22H26N4O2. The summed E-state index contributed by atoms with van der Waals surface area (Å²) in [5, 5.41) is 2.85. The first kappa shape index (κ1) is 19.5. The second-order valence-corrected chi connectivity index (χ2v) is 6.77. The van der Waals surface area contributed by atoms with Crippen molar-refractivity contribution in [2.75, 3.05) is 11.9 Å². The fraction of sp³-hybridized carbons (Fsp3) is 0.273. The molecule has 3 aromatic rings. The van der Waals surface area contributed by atoms with Crippen LogP contribution in [0.3, 0.4) is 0 Å². The zero-order chi connectivity index (χ0) is 20.1. The molecule has 1 N–H and O–H groups in total. The Kier molecular flexibility index (Phi) is 5.99. The largest absolute Gasteiger partial charge is 0.322 e. The molecule has 0 atom stereocenters. The van der Waals surface area contributed by atoms with Gasteiger partial charge in [-0.05, 0) is 31.0 Å². The zero-order valence-electron chi connectivity index (χ0n) is 16.6. The maximum Gasteiger partial charge on any atom is 0.322 e. The van der Waals surface area contributed by atoms with Crippen molar-refractivity contribution in [2.45, 2.75) is 26.8 Å². The molecule has 2 aromatic carbocycles. The molecule has 0 aliphatic carbocycles. The zero-order valence-corrected chi connectivity index (χ0v) is 16.6. The number of para-hydroxylation sites is 1. The molecule has 6 heteroatoms. The van der Waals surface area contributed by atoms with Gasteiger partial charge in [-0.25, -0.2) is 9.48 Å². The van der Waals surface area contributed by atoms with E-state index in [1.165, 1.54) is 0 Å². The van der Waals surface area contributed by atoms with Gasteiger partial charge in [-0.2, -0.15) is 0 Å². The van der Waals surface area contributed by atoms with Crippen LogP contribution in [0.25, 0.3) is 5.69 Å². The van der Waals surface area contributed by atoms with E-state index in [1.807, 2.05) is 81.6 Å². The third-order valence-electron chi connectivity index (χ3n) is 4.78. The van der Waals surface area contributed by atoms with Crippen molar-refractivity contribution >= 4 is 11.7 Å². The van der Waals surface area contributed by atoms with Gasteiger partial charge in [-0.1, -0.05) is 55.5 Å². The predicted molar refractivity (Wildman–Crippen MR) is 112 cm³/mol. The Bertz CT molecular complexity index is 991. The average molecular weight is 378 g/mol. The van der Waals surface area contributed by atoms with Crippen LogP contribution >= 0.6 is 0 Å². The van der Waals surface area contributed by atoms with E-state index in [1.54, 1.807) is 14.3 Å². The summed E-state index contributed by atoms with van der Waals surface area (Å²) in [6.07, 6.45) is 0.836. The van der Waals surface area contributed by atoms with Crippen LogP contribution in [-0.4, -0.2) is 26.8 Å². The van der Waals surface area contributed by atoms with Crippen LogP contribution in [0, 0.1) is 6.92 Å². The van der Waals surface area contributed by atoms with Crippen molar-refractivity contribution in [3.05, 3.63) is 82.3 Å². The summed E-state index contributed by atoms with van der Waals surface area (Å²) in [6.45, 7) is 4.97. The molecule has 3 rings (SSSR count). The molecule has 0 saturated heterocycles. The lowest BCUT2D eigenvalue weighted by Crippen LogP contribution is -2.36. The predicted octanol–water partition coefficient (Wildman–Crippen LogP) is 3.93. The number of rotatable bonds is 6. The molecule has 28 heavy (non-hydrogen) atoms. The third-order valence-corrected chi connectivity index (χ3v) is 4.78. The normalized spacial score (nSPS) is 10.7. The second kappa shape index (κ2) is 8.61. The van der Waals surface area contributed by atoms with Crippen LogP contribution in [0.1, 0.15) is 24.6 Å². The van der Waals surface area contributed by atoms with E-state index in [0.717, 1.165) is 17.7 Å². The molecule has 0 spiro atoms. The number of urea groups is 1. The number of nitrogens with zero attached hydrogens (tertiary/aromatic N) is 3. The van der Waals surface area contributed by atoms with E-state index in [2.05, 4.69) is 5.32 Å². The summed E-state index contributed by atoms with van der Waals surface area (Å²) < 4.78 is 3.32. The number of benzene rings is 2. The molecule has 0 unspecified atom stereocenters. The molecule has 146 valence electrons. The summed E-state index contributed by atoms with van der Waals surface area (Å²) in [6, 6.07) is 19.0. The number of amides is 2. The number of anilines is 1. The molecule has 6 nitrogen and oxygen atoms in total. The SMILES string of the molecule is CCCN(Cc1ccccc1)C(=O)Nc1c(C)n(C)n(-c2ccccc2)c1=O. The van der Waals surface area contributed by atoms with E-state index in [9.17, 15) is 9.59 Å². The maximum absolute atomic E-state index is 13.0. The summed E-state index contributed by atoms with van der Waals surface area (Å²) >= 11 is 0. The summed E-state index contributed by atoms with van der Waals surface area (Å²) in [4.78, 5) is 27.7. The minimum absolute atomic E-state index is 0.240. The molecule has 0 fully saturated rings. The highest BCUT2D eigenvalue weighted by molar-refractivity contribution is 5.89. The van der Waals surface area contributed by atoms with Crippen LogP contribution in [0.15, 0.2) is 65.5 Å². The van der Waals surface area contributed by atoms with Crippen LogP contribution in [0.4, 0.5) is 10.5 Å².